The van der Waals surface area contributed by atoms with Crippen molar-refractivity contribution in [2.45, 2.75) is 34.6 Å². The van der Waals surface area contributed by atoms with Crippen molar-refractivity contribution in [3.8, 4) is 0 Å². The van der Waals surface area contributed by atoms with Crippen molar-refractivity contribution in [2.75, 3.05) is 24.6 Å². The molecule has 0 aromatic heterocycles. The van der Waals surface area contributed by atoms with E-state index in [1.807, 2.05) is 0 Å². The Morgan fingerprint density at radius 3 is 2.00 bits per heavy atom. The molecule has 0 unspecified atom stereocenters. The number of hydrogen-bond acceptors (Lipinski definition) is 2. The Labute approximate surface area is 105 Å². The number of anilines is 1. The molecule has 0 saturated heterocycles. The smallest absolute Gasteiger partial charge is 0.0606 e. The molecule has 96 valence electrons. The molecule has 1 aromatic rings. The van der Waals surface area contributed by atoms with Gasteiger partial charge in [0.15, 0.2) is 0 Å². The highest BCUT2D eigenvalue weighted by Crippen LogP contribution is 2.23. The molecule has 0 saturated carbocycles. The average Bonchev–Trinajstić information content (AvgIpc) is 2.13. The van der Waals surface area contributed by atoms with E-state index in [9.17, 15) is 5.11 Å². The van der Waals surface area contributed by atoms with Crippen LogP contribution < -0.4 is 4.90 Å². The maximum Gasteiger partial charge on any atom is 0.0606 e. The van der Waals surface area contributed by atoms with Crippen molar-refractivity contribution in [1.82, 2.24) is 0 Å². The van der Waals surface area contributed by atoms with E-state index < -0.39 is 0 Å². The molecule has 1 aromatic carbocycles. The molecule has 0 fully saturated rings. The molecule has 0 heterocycles. The van der Waals surface area contributed by atoms with Crippen molar-refractivity contribution in [2.24, 2.45) is 5.41 Å². The topological polar surface area (TPSA) is 23.5 Å². The van der Waals surface area contributed by atoms with E-state index in [1.54, 1.807) is 0 Å². The zero-order valence-electron chi connectivity index (χ0n) is 11.7. The summed E-state index contributed by atoms with van der Waals surface area (Å²) in [6.07, 6.45) is 0. The van der Waals surface area contributed by atoms with Crippen LogP contribution in [0.15, 0.2) is 18.2 Å². The highest BCUT2D eigenvalue weighted by molar-refractivity contribution is 5.51. The number of rotatable bonds is 4. The van der Waals surface area contributed by atoms with Crippen LogP contribution in [0, 0.1) is 19.3 Å². The Hall–Kier alpha value is -1.02. The van der Waals surface area contributed by atoms with Gasteiger partial charge in [0, 0.05) is 18.8 Å². The van der Waals surface area contributed by atoms with E-state index in [0.29, 0.717) is 6.54 Å². The SMILES string of the molecule is Cc1cc(C)cc(N(CCO)CC(C)(C)C)c1. The largest absolute Gasteiger partial charge is 0.395 e. The van der Waals surface area contributed by atoms with Gasteiger partial charge in [-0.3, -0.25) is 0 Å². The van der Waals surface area contributed by atoms with Crippen LogP contribution in [0.4, 0.5) is 5.69 Å². The molecule has 0 aliphatic heterocycles. The summed E-state index contributed by atoms with van der Waals surface area (Å²) < 4.78 is 0. The van der Waals surface area contributed by atoms with E-state index in [0.717, 1.165) is 6.54 Å². The highest BCUT2D eigenvalue weighted by Gasteiger charge is 2.16. The molecule has 0 aliphatic carbocycles. The molecule has 0 aliphatic rings. The lowest BCUT2D eigenvalue weighted by Gasteiger charge is -2.31. The molecule has 1 rings (SSSR count). The maximum absolute atomic E-state index is 9.19. The lowest BCUT2D eigenvalue weighted by Crippen LogP contribution is -2.35. The molecular formula is C15H25NO. The molecule has 0 spiro atoms. The van der Waals surface area contributed by atoms with E-state index in [4.69, 9.17) is 0 Å². The third-order valence-corrected chi connectivity index (χ3v) is 2.61. The number of aryl methyl sites for hydroxylation is 2. The number of hydrogen-bond donors (Lipinski definition) is 1. The number of nitrogens with zero attached hydrogens (tertiary/aromatic N) is 1. The van der Waals surface area contributed by atoms with Gasteiger partial charge in [-0.15, -0.1) is 0 Å². The molecular weight excluding hydrogens is 210 g/mol. The fraction of sp³-hybridized carbons (Fsp3) is 0.600. The van der Waals surface area contributed by atoms with Gasteiger partial charge in [-0.1, -0.05) is 26.8 Å². The molecule has 2 heteroatoms. The number of benzene rings is 1. The summed E-state index contributed by atoms with van der Waals surface area (Å²) in [4.78, 5) is 2.26. The first-order valence-corrected chi connectivity index (χ1v) is 6.26. The molecule has 0 amide bonds. The minimum Gasteiger partial charge on any atom is -0.395 e. The second kappa shape index (κ2) is 5.54. The molecule has 0 atom stereocenters. The standard InChI is InChI=1S/C15H25NO/c1-12-8-13(2)10-14(9-12)16(6-7-17)11-15(3,4)5/h8-10,17H,6-7,11H2,1-5H3. The van der Waals surface area contributed by atoms with Gasteiger partial charge in [-0.25, -0.2) is 0 Å². The van der Waals surface area contributed by atoms with Crippen molar-refractivity contribution in [3.05, 3.63) is 29.3 Å². The van der Waals surface area contributed by atoms with Crippen LogP contribution in [-0.4, -0.2) is 24.8 Å². The fourth-order valence-corrected chi connectivity index (χ4v) is 2.13. The summed E-state index contributed by atoms with van der Waals surface area (Å²) in [5, 5.41) is 9.19. The average molecular weight is 235 g/mol. The Balaban J connectivity index is 2.96. The van der Waals surface area contributed by atoms with Crippen LogP contribution in [0.2, 0.25) is 0 Å². The number of aliphatic hydroxyl groups is 1. The zero-order valence-corrected chi connectivity index (χ0v) is 11.7. The van der Waals surface area contributed by atoms with Gasteiger partial charge in [-0.05, 0) is 42.5 Å². The van der Waals surface area contributed by atoms with Crippen LogP contribution >= 0.6 is 0 Å². The molecule has 17 heavy (non-hydrogen) atoms. The van der Waals surface area contributed by atoms with Crippen LogP contribution in [0.25, 0.3) is 0 Å². The summed E-state index contributed by atoms with van der Waals surface area (Å²) in [7, 11) is 0. The van der Waals surface area contributed by atoms with E-state index in [-0.39, 0.29) is 12.0 Å². The van der Waals surface area contributed by atoms with Crippen molar-refractivity contribution in [3.63, 3.8) is 0 Å². The van der Waals surface area contributed by atoms with E-state index >= 15 is 0 Å². The summed E-state index contributed by atoms with van der Waals surface area (Å²) in [6, 6.07) is 6.56. The Morgan fingerprint density at radius 2 is 1.59 bits per heavy atom. The van der Waals surface area contributed by atoms with Gasteiger partial charge in [0.05, 0.1) is 6.61 Å². The first-order chi connectivity index (χ1) is 7.81. The monoisotopic (exact) mass is 235 g/mol. The quantitative estimate of drug-likeness (QED) is 0.866. The fourth-order valence-electron chi connectivity index (χ4n) is 2.13. The Bertz CT molecular complexity index is 345. The molecule has 1 N–H and O–H groups in total. The highest BCUT2D eigenvalue weighted by atomic mass is 16.3. The first kappa shape index (κ1) is 14.0. The minimum absolute atomic E-state index is 0.197. The summed E-state index contributed by atoms with van der Waals surface area (Å²) in [5.74, 6) is 0. The zero-order chi connectivity index (χ0) is 13.1. The van der Waals surface area contributed by atoms with E-state index in [1.165, 1.54) is 16.8 Å². The summed E-state index contributed by atoms with van der Waals surface area (Å²) in [6.45, 7) is 12.7. The normalized spacial score (nSPS) is 11.6. The van der Waals surface area contributed by atoms with Crippen molar-refractivity contribution in [1.29, 1.82) is 0 Å². The number of aliphatic hydroxyl groups excluding tert-OH is 1. The maximum atomic E-state index is 9.19. The van der Waals surface area contributed by atoms with Gasteiger partial charge < -0.3 is 10.0 Å². The van der Waals surface area contributed by atoms with Gasteiger partial charge in [-0.2, -0.15) is 0 Å². The van der Waals surface area contributed by atoms with Crippen molar-refractivity contribution >= 4 is 5.69 Å². The second-order valence-corrected chi connectivity index (χ2v) is 6.05. The third kappa shape index (κ3) is 4.78. The lowest BCUT2D eigenvalue weighted by atomic mass is 9.95. The van der Waals surface area contributed by atoms with Gasteiger partial charge in [0.1, 0.15) is 0 Å². The predicted molar refractivity (Wildman–Crippen MR) is 74.7 cm³/mol. The molecule has 0 radical (unpaired) electrons. The third-order valence-electron chi connectivity index (χ3n) is 2.61. The van der Waals surface area contributed by atoms with Crippen LogP contribution in [0.3, 0.4) is 0 Å². The van der Waals surface area contributed by atoms with Gasteiger partial charge >= 0.3 is 0 Å². The van der Waals surface area contributed by atoms with Gasteiger partial charge in [0.2, 0.25) is 0 Å². The van der Waals surface area contributed by atoms with Crippen molar-refractivity contribution < 1.29 is 5.11 Å². The minimum atomic E-state index is 0.197. The lowest BCUT2D eigenvalue weighted by molar-refractivity contribution is 0.294. The van der Waals surface area contributed by atoms with Crippen LogP contribution in [0.1, 0.15) is 31.9 Å². The van der Waals surface area contributed by atoms with E-state index in [2.05, 4.69) is 57.7 Å². The second-order valence-electron chi connectivity index (χ2n) is 6.05. The predicted octanol–water partition coefficient (Wildman–Crippen LogP) is 3.15. The molecule has 0 bridgehead atoms. The molecule has 2 nitrogen and oxygen atoms in total. The Kier molecular flexibility index (Phi) is 4.58. The Morgan fingerprint density at radius 1 is 1.06 bits per heavy atom. The first-order valence-electron chi connectivity index (χ1n) is 6.26. The summed E-state index contributed by atoms with van der Waals surface area (Å²) in [5.41, 5.74) is 3.99. The van der Waals surface area contributed by atoms with Crippen LogP contribution in [0.5, 0.6) is 0 Å². The van der Waals surface area contributed by atoms with Gasteiger partial charge in [0.25, 0.3) is 0 Å². The summed E-state index contributed by atoms with van der Waals surface area (Å²) >= 11 is 0. The van der Waals surface area contributed by atoms with Crippen LogP contribution in [-0.2, 0) is 0 Å².